The zero-order valence-electron chi connectivity index (χ0n) is 10.7. The smallest absolute Gasteiger partial charge is 0.148 e. The first-order chi connectivity index (χ1) is 9.78. The van der Waals surface area contributed by atoms with Crippen LogP contribution >= 0.6 is 0 Å². The van der Waals surface area contributed by atoms with E-state index in [9.17, 15) is 5.11 Å². The highest BCUT2D eigenvalue weighted by atomic mass is 16.3. The molecule has 3 aromatic rings. The molecule has 0 aliphatic carbocycles. The molecule has 20 heavy (non-hydrogen) atoms. The Morgan fingerprint density at radius 2 is 1.85 bits per heavy atom. The normalized spacial score (nSPS) is 10.4. The second kappa shape index (κ2) is 4.96. The fourth-order valence-corrected chi connectivity index (χ4v) is 1.82. The molecule has 7 nitrogen and oxygen atoms in total. The predicted molar refractivity (Wildman–Crippen MR) is 73.6 cm³/mol. The van der Waals surface area contributed by atoms with Crippen LogP contribution < -0.4 is 5.32 Å². The lowest BCUT2D eigenvalue weighted by atomic mass is 10.1. The Morgan fingerprint density at radius 1 is 1.05 bits per heavy atom. The van der Waals surface area contributed by atoms with Gasteiger partial charge in [-0.1, -0.05) is 0 Å². The Bertz CT molecular complexity index is 708. The third-order valence-corrected chi connectivity index (χ3v) is 2.83. The van der Waals surface area contributed by atoms with Crippen molar-refractivity contribution < 1.29 is 5.11 Å². The molecule has 0 atom stereocenters. The van der Waals surface area contributed by atoms with Gasteiger partial charge in [-0.25, -0.2) is 0 Å². The summed E-state index contributed by atoms with van der Waals surface area (Å²) < 4.78 is 0. The summed E-state index contributed by atoms with van der Waals surface area (Å²) in [4.78, 5) is 1.43. The lowest BCUT2D eigenvalue weighted by Gasteiger charge is -2.06. The topological polar surface area (TPSA) is 88.8 Å². The van der Waals surface area contributed by atoms with E-state index in [0.29, 0.717) is 22.8 Å². The summed E-state index contributed by atoms with van der Waals surface area (Å²) in [6, 6.07) is 8.74. The Kier molecular flexibility index (Phi) is 3.00. The maximum absolute atomic E-state index is 10.1. The Hall–Kier alpha value is -2.96. The van der Waals surface area contributed by atoms with E-state index in [0.717, 1.165) is 0 Å². The van der Waals surface area contributed by atoms with Crippen molar-refractivity contribution in [1.29, 1.82) is 0 Å². The van der Waals surface area contributed by atoms with Crippen LogP contribution in [0.5, 0.6) is 5.75 Å². The Morgan fingerprint density at radius 3 is 2.45 bits per heavy atom. The molecule has 0 fully saturated rings. The number of aromatic nitrogens is 5. The van der Waals surface area contributed by atoms with Gasteiger partial charge in [0.2, 0.25) is 0 Å². The SMILES string of the molecule is CNc1ccc(-c2ccc(-n3nccn3)cc2O)nn1. The number of phenols is 1. The zero-order chi connectivity index (χ0) is 13.9. The molecular weight excluding hydrogens is 256 g/mol. The van der Waals surface area contributed by atoms with Crippen LogP contribution in [0.1, 0.15) is 0 Å². The minimum Gasteiger partial charge on any atom is -0.507 e. The molecule has 0 saturated heterocycles. The summed E-state index contributed by atoms with van der Waals surface area (Å²) in [5, 5.41) is 29.1. The highest BCUT2D eigenvalue weighted by Gasteiger charge is 2.09. The molecule has 1 aromatic carbocycles. The van der Waals surface area contributed by atoms with Crippen LogP contribution in [0.2, 0.25) is 0 Å². The standard InChI is InChI=1S/C13H12N6O/c1-14-13-5-4-11(17-18-13)10-3-2-9(8-12(10)20)19-15-6-7-16-19/h2-8,20H,1H3,(H,14,18). The minimum absolute atomic E-state index is 0.103. The van der Waals surface area contributed by atoms with E-state index in [2.05, 4.69) is 25.7 Å². The van der Waals surface area contributed by atoms with Crippen molar-refractivity contribution in [3.8, 4) is 22.7 Å². The van der Waals surface area contributed by atoms with Gasteiger partial charge in [-0.3, -0.25) is 0 Å². The van der Waals surface area contributed by atoms with Gasteiger partial charge >= 0.3 is 0 Å². The molecule has 2 aromatic heterocycles. The van der Waals surface area contributed by atoms with Crippen LogP contribution in [0.25, 0.3) is 16.9 Å². The fourth-order valence-electron chi connectivity index (χ4n) is 1.82. The zero-order valence-corrected chi connectivity index (χ0v) is 10.7. The molecule has 0 amide bonds. The van der Waals surface area contributed by atoms with E-state index in [1.165, 1.54) is 4.80 Å². The van der Waals surface area contributed by atoms with Gasteiger partial charge in [-0.15, -0.1) is 10.2 Å². The first kappa shape index (κ1) is 12.1. The lowest BCUT2D eigenvalue weighted by molar-refractivity contribution is 0.476. The highest BCUT2D eigenvalue weighted by molar-refractivity contribution is 5.68. The number of phenolic OH excluding ortho intramolecular Hbond substituents is 1. The van der Waals surface area contributed by atoms with Crippen LogP contribution in [0, 0.1) is 0 Å². The van der Waals surface area contributed by atoms with E-state index < -0.39 is 0 Å². The van der Waals surface area contributed by atoms with Gasteiger partial charge in [0, 0.05) is 18.7 Å². The van der Waals surface area contributed by atoms with Gasteiger partial charge < -0.3 is 10.4 Å². The van der Waals surface area contributed by atoms with Crippen molar-refractivity contribution in [3.63, 3.8) is 0 Å². The molecule has 2 heterocycles. The summed E-state index contributed by atoms with van der Waals surface area (Å²) in [6.07, 6.45) is 3.15. The monoisotopic (exact) mass is 268 g/mol. The summed E-state index contributed by atoms with van der Waals surface area (Å²) in [7, 11) is 1.77. The summed E-state index contributed by atoms with van der Waals surface area (Å²) >= 11 is 0. The van der Waals surface area contributed by atoms with Crippen molar-refractivity contribution in [2.24, 2.45) is 0 Å². The molecule has 0 aliphatic rings. The van der Waals surface area contributed by atoms with Gasteiger partial charge in [0.05, 0.1) is 23.8 Å². The molecule has 0 radical (unpaired) electrons. The summed E-state index contributed by atoms with van der Waals surface area (Å²) in [6.45, 7) is 0. The molecule has 0 unspecified atom stereocenters. The largest absolute Gasteiger partial charge is 0.507 e. The average Bonchev–Trinajstić information content (AvgIpc) is 3.01. The average molecular weight is 268 g/mol. The molecule has 0 spiro atoms. The van der Waals surface area contributed by atoms with E-state index in [1.807, 2.05) is 6.07 Å². The number of nitrogens with zero attached hydrogens (tertiary/aromatic N) is 5. The third kappa shape index (κ3) is 2.16. The number of hydrogen-bond donors (Lipinski definition) is 2. The Balaban J connectivity index is 1.98. The Labute approximate surface area is 114 Å². The molecular formula is C13H12N6O. The molecule has 3 rings (SSSR count). The van der Waals surface area contributed by atoms with Crippen LogP contribution in [-0.2, 0) is 0 Å². The van der Waals surface area contributed by atoms with Crippen molar-refractivity contribution in [2.75, 3.05) is 12.4 Å². The maximum atomic E-state index is 10.1. The molecule has 0 bridgehead atoms. The second-order valence-electron chi connectivity index (χ2n) is 4.07. The van der Waals surface area contributed by atoms with Crippen molar-refractivity contribution in [2.45, 2.75) is 0 Å². The van der Waals surface area contributed by atoms with Crippen LogP contribution in [0.4, 0.5) is 5.82 Å². The fraction of sp³-hybridized carbons (Fsp3) is 0.0769. The number of nitrogens with one attached hydrogen (secondary N) is 1. The summed E-state index contributed by atoms with van der Waals surface area (Å²) in [5.74, 6) is 0.775. The third-order valence-electron chi connectivity index (χ3n) is 2.83. The summed E-state index contributed by atoms with van der Waals surface area (Å²) in [5.41, 5.74) is 1.88. The van der Waals surface area contributed by atoms with Crippen molar-refractivity contribution >= 4 is 5.82 Å². The second-order valence-corrected chi connectivity index (χ2v) is 4.07. The lowest BCUT2D eigenvalue weighted by Crippen LogP contribution is -1.99. The van der Waals surface area contributed by atoms with Crippen LogP contribution in [0.15, 0.2) is 42.7 Å². The molecule has 0 aliphatic heterocycles. The highest BCUT2D eigenvalue weighted by Crippen LogP contribution is 2.29. The number of benzene rings is 1. The van der Waals surface area contributed by atoms with Crippen LogP contribution in [0.3, 0.4) is 0 Å². The molecule has 7 heteroatoms. The number of aromatic hydroxyl groups is 1. The van der Waals surface area contributed by atoms with E-state index in [1.54, 1.807) is 43.7 Å². The van der Waals surface area contributed by atoms with Gasteiger partial charge in [0.1, 0.15) is 11.6 Å². The van der Waals surface area contributed by atoms with Gasteiger partial charge in [0.15, 0.2) is 0 Å². The molecule has 100 valence electrons. The van der Waals surface area contributed by atoms with E-state index >= 15 is 0 Å². The van der Waals surface area contributed by atoms with E-state index in [4.69, 9.17) is 0 Å². The van der Waals surface area contributed by atoms with Gasteiger partial charge in [0.25, 0.3) is 0 Å². The van der Waals surface area contributed by atoms with Gasteiger partial charge in [-0.05, 0) is 24.3 Å². The quantitative estimate of drug-likeness (QED) is 0.747. The molecule has 2 N–H and O–H groups in total. The number of anilines is 1. The first-order valence-electron chi connectivity index (χ1n) is 5.99. The van der Waals surface area contributed by atoms with Crippen molar-refractivity contribution in [1.82, 2.24) is 25.2 Å². The van der Waals surface area contributed by atoms with Crippen molar-refractivity contribution in [3.05, 3.63) is 42.7 Å². The number of hydrogen-bond acceptors (Lipinski definition) is 6. The predicted octanol–water partition coefficient (Wildman–Crippen LogP) is 1.47. The minimum atomic E-state index is 0.103. The first-order valence-corrected chi connectivity index (χ1v) is 5.99. The molecule has 0 saturated carbocycles. The van der Waals surface area contributed by atoms with Crippen LogP contribution in [-0.4, -0.2) is 37.3 Å². The van der Waals surface area contributed by atoms with E-state index in [-0.39, 0.29) is 5.75 Å². The number of rotatable bonds is 3. The maximum Gasteiger partial charge on any atom is 0.148 e. The van der Waals surface area contributed by atoms with Gasteiger partial charge in [-0.2, -0.15) is 15.0 Å².